The third-order valence-corrected chi connectivity index (χ3v) is 13.8. The average molecular weight is 997 g/mol. The van der Waals surface area contributed by atoms with Gasteiger partial charge in [0.1, 0.15) is 0 Å². The Morgan fingerprint density at radius 1 is 0.689 bits per heavy atom. The Labute approximate surface area is 387 Å². The lowest BCUT2D eigenvalue weighted by molar-refractivity contribution is 0.0934. The molecule has 61 heavy (non-hydrogen) atoms. The van der Waals surface area contributed by atoms with Gasteiger partial charge >= 0.3 is 0 Å². The van der Waals surface area contributed by atoms with Crippen LogP contribution in [0.2, 0.25) is 8.67 Å². The number of aromatic amines is 1. The molecule has 0 bridgehead atoms. The van der Waals surface area contributed by atoms with Crippen molar-refractivity contribution in [3.63, 3.8) is 0 Å². The molecule has 0 spiro atoms. The minimum Gasteiger partial charge on any atom is -0.329 e. The van der Waals surface area contributed by atoms with Crippen LogP contribution >= 0.6 is 84.5 Å². The van der Waals surface area contributed by atoms with Gasteiger partial charge in [-0.05, 0) is 110 Å². The standard InChI is InChI=1S/C22H20ClN3O2S2.C19H14ClN3O2S2.C3H7Br/c1-2-9-25-10-7-15(12-21(25)27)19-13-17(3-4-18-5-6-20(23)30-18)26(24-19)22(28)16-8-11-29-14-16;20-17-4-3-15(27-17)2-1-14-10-16(12-5-7-21-18(24)9-12)22-23(14)19(25)13-6-8-26-11-13;1-2-3-4/h5-8,10-14H,2-4,9H2,1H3;3-11H,1-2H2,(H,21,24);2-3H2,1H3. The molecule has 8 aromatic heterocycles. The summed E-state index contributed by atoms with van der Waals surface area (Å²) >= 11 is 21.3. The van der Waals surface area contributed by atoms with Gasteiger partial charge in [0.25, 0.3) is 17.4 Å². The number of carbonyl (C=O) groups excluding carboxylic acids is 2. The molecule has 8 aromatic rings. The van der Waals surface area contributed by atoms with E-state index in [4.69, 9.17) is 23.2 Å². The van der Waals surface area contributed by atoms with Crippen LogP contribution in [0.15, 0.2) is 116 Å². The van der Waals surface area contributed by atoms with Crippen LogP contribution in [-0.4, -0.2) is 46.3 Å². The van der Waals surface area contributed by atoms with Crippen LogP contribution in [0.4, 0.5) is 0 Å². The predicted molar refractivity (Wildman–Crippen MR) is 256 cm³/mol. The molecule has 0 aromatic carbocycles. The fourth-order valence-electron chi connectivity index (χ4n) is 6.02. The van der Waals surface area contributed by atoms with Crippen LogP contribution in [0.1, 0.15) is 68.5 Å². The van der Waals surface area contributed by atoms with Crippen molar-refractivity contribution in [2.75, 3.05) is 5.33 Å². The molecular formula is C44H41BrCl2N6O4S4. The van der Waals surface area contributed by atoms with E-state index in [0.29, 0.717) is 53.0 Å². The molecule has 1 N–H and O–H groups in total. The molecule has 0 aliphatic rings. The number of alkyl halides is 1. The normalized spacial score (nSPS) is 10.8. The number of aromatic nitrogens is 6. The van der Waals surface area contributed by atoms with Crippen molar-refractivity contribution in [2.45, 2.75) is 58.9 Å². The second-order valence-electron chi connectivity index (χ2n) is 13.5. The van der Waals surface area contributed by atoms with Gasteiger partial charge < -0.3 is 9.55 Å². The van der Waals surface area contributed by atoms with Gasteiger partial charge in [-0.1, -0.05) is 53.0 Å². The first-order valence-corrected chi connectivity index (χ1v) is 24.7. The molecule has 8 heterocycles. The van der Waals surface area contributed by atoms with Crippen LogP contribution in [0.5, 0.6) is 0 Å². The minimum absolute atomic E-state index is 0.0668. The fraction of sp³-hybridized carbons (Fsp3) is 0.227. The highest BCUT2D eigenvalue weighted by Crippen LogP contribution is 2.27. The third kappa shape index (κ3) is 12.6. The maximum Gasteiger partial charge on any atom is 0.279 e. The first kappa shape index (κ1) is 46.0. The lowest BCUT2D eigenvalue weighted by atomic mass is 10.1. The Bertz CT molecular complexity index is 2780. The Balaban J connectivity index is 0.000000189. The molecule has 10 nitrogen and oxygen atoms in total. The van der Waals surface area contributed by atoms with Crippen molar-refractivity contribution in [1.82, 2.24) is 29.1 Å². The molecule has 17 heteroatoms. The zero-order valence-corrected chi connectivity index (χ0v) is 39.5. The largest absolute Gasteiger partial charge is 0.329 e. The molecule has 0 fully saturated rings. The van der Waals surface area contributed by atoms with E-state index >= 15 is 0 Å². The number of pyridine rings is 2. The van der Waals surface area contributed by atoms with Gasteiger partial charge in [0.05, 0.1) is 31.2 Å². The summed E-state index contributed by atoms with van der Waals surface area (Å²) in [7, 11) is 0. The van der Waals surface area contributed by atoms with E-state index in [0.717, 1.165) is 54.4 Å². The van der Waals surface area contributed by atoms with Gasteiger partial charge in [-0.25, -0.2) is 9.36 Å². The number of H-pyrrole nitrogens is 1. The van der Waals surface area contributed by atoms with Gasteiger partial charge in [-0.3, -0.25) is 19.2 Å². The Hall–Kier alpha value is -4.48. The van der Waals surface area contributed by atoms with Crippen molar-refractivity contribution in [2.24, 2.45) is 0 Å². The quantitative estimate of drug-likeness (QED) is 0.115. The van der Waals surface area contributed by atoms with Gasteiger partial charge in [-0.2, -0.15) is 32.9 Å². The number of hydrogen-bond donors (Lipinski definition) is 1. The molecule has 0 aliphatic heterocycles. The summed E-state index contributed by atoms with van der Waals surface area (Å²) in [6.45, 7) is 4.85. The SMILES string of the molecule is CCCBr.CCCn1ccc(-c2cc(CCc3ccc(Cl)s3)n(C(=O)c3ccsc3)n2)cc1=O.O=C(c1ccsc1)n1nc(-c2cc[nH]c(=O)c2)cc1CCc1ccc(Cl)s1. The third-order valence-electron chi connectivity index (χ3n) is 9.02. The van der Waals surface area contributed by atoms with E-state index in [1.165, 1.54) is 67.2 Å². The topological polar surface area (TPSA) is 125 Å². The Morgan fingerprint density at radius 2 is 1.21 bits per heavy atom. The van der Waals surface area contributed by atoms with Crippen molar-refractivity contribution < 1.29 is 9.59 Å². The summed E-state index contributed by atoms with van der Waals surface area (Å²) < 4.78 is 6.08. The number of carbonyl (C=O) groups is 2. The highest BCUT2D eigenvalue weighted by atomic mass is 79.9. The van der Waals surface area contributed by atoms with Gasteiger partial charge in [0, 0.05) is 79.4 Å². The van der Waals surface area contributed by atoms with E-state index in [1.807, 2.05) is 65.5 Å². The maximum atomic E-state index is 13.0. The molecular weight excluding hydrogens is 956 g/mol. The number of hydrogen-bond acceptors (Lipinski definition) is 10. The summed E-state index contributed by atoms with van der Waals surface area (Å²) in [4.78, 5) is 54.8. The molecule has 0 radical (unpaired) electrons. The number of thiophene rings is 4. The summed E-state index contributed by atoms with van der Waals surface area (Å²) in [6.07, 6.45) is 8.29. The van der Waals surface area contributed by atoms with Crippen LogP contribution in [0.3, 0.4) is 0 Å². The van der Waals surface area contributed by atoms with E-state index in [1.54, 1.807) is 46.6 Å². The van der Waals surface area contributed by atoms with Crippen molar-refractivity contribution in [3.05, 3.63) is 168 Å². The molecule has 0 saturated heterocycles. The van der Waals surface area contributed by atoms with Crippen molar-refractivity contribution in [3.8, 4) is 22.5 Å². The van der Waals surface area contributed by atoms with Gasteiger partial charge in [0.15, 0.2) is 0 Å². The highest BCUT2D eigenvalue weighted by molar-refractivity contribution is 9.09. The van der Waals surface area contributed by atoms with E-state index < -0.39 is 0 Å². The maximum absolute atomic E-state index is 13.0. The number of halogens is 3. The number of rotatable bonds is 13. The monoisotopic (exact) mass is 994 g/mol. The Morgan fingerprint density at radius 3 is 1.62 bits per heavy atom. The van der Waals surface area contributed by atoms with Crippen molar-refractivity contribution >= 4 is 96.3 Å². The first-order valence-electron chi connectivity index (χ1n) is 19.3. The van der Waals surface area contributed by atoms with E-state index in [9.17, 15) is 19.2 Å². The first-order chi connectivity index (χ1) is 29.6. The zero-order valence-electron chi connectivity index (χ0n) is 33.2. The van der Waals surface area contributed by atoms with Crippen LogP contribution < -0.4 is 11.1 Å². The lowest BCUT2D eigenvalue weighted by Gasteiger charge is -2.05. The second-order valence-corrected chi connectivity index (χ2v) is 19.4. The average Bonchev–Trinajstić information content (AvgIpc) is 4.13. The lowest BCUT2D eigenvalue weighted by Crippen LogP contribution is -2.18. The van der Waals surface area contributed by atoms with Crippen LogP contribution in [-0.2, 0) is 32.2 Å². The summed E-state index contributed by atoms with van der Waals surface area (Å²) in [6, 6.07) is 21.8. The van der Waals surface area contributed by atoms with Gasteiger partial charge in [-0.15, -0.1) is 22.7 Å². The highest BCUT2D eigenvalue weighted by Gasteiger charge is 2.20. The van der Waals surface area contributed by atoms with Crippen LogP contribution in [0.25, 0.3) is 22.5 Å². The molecule has 316 valence electrons. The number of aryl methyl sites for hydroxylation is 5. The molecule has 0 atom stereocenters. The second kappa shape index (κ2) is 22.6. The van der Waals surface area contributed by atoms with E-state index in [2.05, 4.69) is 38.0 Å². The smallest absolute Gasteiger partial charge is 0.279 e. The molecule has 0 amide bonds. The number of nitrogens with one attached hydrogen (secondary N) is 1. The van der Waals surface area contributed by atoms with E-state index in [-0.39, 0.29) is 22.9 Å². The molecule has 0 unspecified atom stereocenters. The van der Waals surface area contributed by atoms with Crippen LogP contribution in [0, 0.1) is 0 Å². The summed E-state index contributed by atoms with van der Waals surface area (Å²) in [5.74, 6) is -0.340. The predicted octanol–water partition coefficient (Wildman–Crippen LogP) is 11.7. The van der Waals surface area contributed by atoms with Gasteiger partial charge in [0.2, 0.25) is 5.56 Å². The molecule has 8 rings (SSSR count). The molecule has 0 aliphatic carbocycles. The van der Waals surface area contributed by atoms with Crippen molar-refractivity contribution in [1.29, 1.82) is 0 Å². The molecule has 0 saturated carbocycles. The minimum atomic E-state index is -0.207. The Kier molecular flexibility index (Phi) is 17.0. The number of nitrogens with zero attached hydrogens (tertiary/aromatic N) is 5. The summed E-state index contributed by atoms with van der Waals surface area (Å²) in [5.41, 5.74) is 5.15. The fourth-order valence-corrected chi connectivity index (χ4v) is 9.45. The summed E-state index contributed by atoms with van der Waals surface area (Å²) in [5, 5.41) is 17.6. The zero-order chi connectivity index (χ0) is 43.3.